The molecule has 0 bridgehead atoms. The Hall–Kier alpha value is -3.26. The lowest BCUT2D eigenvalue weighted by molar-refractivity contribution is -0.385. The lowest BCUT2D eigenvalue weighted by Crippen LogP contribution is -2.06. The van der Waals surface area contributed by atoms with Crippen molar-refractivity contribution >= 4 is 23.0 Å². The fraction of sp³-hybridized carbons (Fsp3) is 0.158. The van der Waals surface area contributed by atoms with Crippen LogP contribution in [0.2, 0.25) is 0 Å². The smallest absolute Gasteiger partial charge is 0.338 e. The van der Waals surface area contributed by atoms with Crippen molar-refractivity contribution in [3.63, 3.8) is 0 Å². The van der Waals surface area contributed by atoms with Crippen molar-refractivity contribution in [3.8, 4) is 16.3 Å². The molecule has 0 saturated heterocycles. The van der Waals surface area contributed by atoms with E-state index in [-0.39, 0.29) is 17.9 Å². The first-order valence-electron chi connectivity index (χ1n) is 7.99. The van der Waals surface area contributed by atoms with Crippen LogP contribution in [0, 0.1) is 17.0 Å². The number of ether oxygens (including phenoxy) is 2. The average Bonchev–Trinajstić information content (AvgIpc) is 3.15. The fourth-order valence-electron chi connectivity index (χ4n) is 2.40. The standard InChI is InChI=1S/C19H16N2O5S/c1-12-3-4-14(9-17(12)21(23)24)19(22)26-10-15-11-27-18(20-15)13-5-7-16(25-2)8-6-13/h3-9,11H,10H2,1-2H3. The summed E-state index contributed by atoms with van der Waals surface area (Å²) in [7, 11) is 1.60. The highest BCUT2D eigenvalue weighted by atomic mass is 32.1. The van der Waals surface area contributed by atoms with Gasteiger partial charge < -0.3 is 9.47 Å². The highest BCUT2D eigenvalue weighted by molar-refractivity contribution is 7.13. The molecule has 0 saturated carbocycles. The lowest BCUT2D eigenvalue weighted by atomic mass is 10.1. The minimum absolute atomic E-state index is 0.00678. The van der Waals surface area contributed by atoms with Crippen LogP contribution >= 0.6 is 11.3 Å². The number of benzene rings is 2. The van der Waals surface area contributed by atoms with E-state index in [9.17, 15) is 14.9 Å². The van der Waals surface area contributed by atoms with Gasteiger partial charge in [0.2, 0.25) is 0 Å². The number of methoxy groups -OCH3 is 1. The number of aromatic nitrogens is 1. The summed E-state index contributed by atoms with van der Waals surface area (Å²) >= 11 is 1.44. The van der Waals surface area contributed by atoms with E-state index in [4.69, 9.17) is 9.47 Å². The zero-order valence-corrected chi connectivity index (χ0v) is 15.5. The molecule has 2 aromatic carbocycles. The molecule has 0 radical (unpaired) electrons. The Morgan fingerprint density at radius 2 is 1.96 bits per heavy atom. The predicted molar refractivity (Wildman–Crippen MR) is 101 cm³/mol. The Balaban J connectivity index is 1.67. The number of nitro groups is 1. The maximum Gasteiger partial charge on any atom is 0.338 e. The molecule has 27 heavy (non-hydrogen) atoms. The molecule has 8 heteroatoms. The monoisotopic (exact) mass is 384 g/mol. The van der Waals surface area contributed by atoms with Gasteiger partial charge in [-0.05, 0) is 37.3 Å². The van der Waals surface area contributed by atoms with Crippen molar-refractivity contribution in [2.75, 3.05) is 7.11 Å². The number of hydrogen-bond donors (Lipinski definition) is 0. The van der Waals surface area contributed by atoms with Gasteiger partial charge in [-0.2, -0.15) is 0 Å². The van der Waals surface area contributed by atoms with Gasteiger partial charge in [0.25, 0.3) is 5.69 Å². The average molecular weight is 384 g/mol. The first kappa shape index (κ1) is 18.5. The Morgan fingerprint density at radius 1 is 1.22 bits per heavy atom. The molecular weight excluding hydrogens is 368 g/mol. The van der Waals surface area contributed by atoms with Crippen molar-refractivity contribution in [3.05, 3.63) is 74.8 Å². The summed E-state index contributed by atoms with van der Waals surface area (Å²) in [5, 5.41) is 13.6. The number of thiazole rings is 1. The second-order valence-electron chi connectivity index (χ2n) is 5.71. The third kappa shape index (κ3) is 4.29. The molecule has 0 unspecified atom stereocenters. The molecule has 0 aliphatic heterocycles. The van der Waals surface area contributed by atoms with Crippen LogP contribution in [0.25, 0.3) is 10.6 Å². The molecule has 0 aliphatic rings. The minimum Gasteiger partial charge on any atom is -0.497 e. The summed E-state index contributed by atoms with van der Waals surface area (Å²) in [6.07, 6.45) is 0. The van der Waals surface area contributed by atoms with Crippen LogP contribution in [-0.4, -0.2) is 23.0 Å². The van der Waals surface area contributed by atoms with Gasteiger partial charge in [-0.15, -0.1) is 11.3 Å². The number of nitrogens with zero attached hydrogens (tertiary/aromatic N) is 2. The van der Waals surface area contributed by atoms with Gasteiger partial charge in [0, 0.05) is 22.6 Å². The van der Waals surface area contributed by atoms with E-state index in [2.05, 4.69) is 4.98 Å². The van der Waals surface area contributed by atoms with Gasteiger partial charge in [-0.25, -0.2) is 9.78 Å². The minimum atomic E-state index is -0.628. The van der Waals surface area contributed by atoms with E-state index in [1.54, 1.807) is 14.0 Å². The van der Waals surface area contributed by atoms with E-state index < -0.39 is 10.9 Å². The Labute approximate surface area is 159 Å². The largest absolute Gasteiger partial charge is 0.497 e. The second-order valence-corrected chi connectivity index (χ2v) is 6.57. The number of aryl methyl sites for hydroxylation is 1. The van der Waals surface area contributed by atoms with Gasteiger partial charge >= 0.3 is 5.97 Å². The molecule has 0 fully saturated rings. The predicted octanol–water partition coefficient (Wildman–Crippen LogP) is 4.39. The first-order chi connectivity index (χ1) is 13.0. The summed E-state index contributed by atoms with van der Waals surface area (Å²) < 4.78 is 10.4. The third-order valence-corrected chi connectivity index (χ3v) is 4.82. The molecule has 0 amide bonds. The topological polar surface area (TPSA) is 91.6 Å². The number of rotatable bonds is 6. The number of nitro benzene ring substituents is 1. The van der Waals surface area contributed by atoms with E-state index in [0.717, 1.165) is 16.3 Å². The van der Waals surface area contributed by atoms with Crippen LogP contribution in [0.1, 0.15) is 21.6 Å². The van der Waals surface area contributed by atoms with E-state index in [0.29, 0.717) is 11.3 Å². The zero-order valence-electron chi connectivity index (χ0n) is 14.7. The normalized spacial score (nSPS) is 10.4. The highest BCUT2D eigenvalue weighted by Gasteiger charge is 2.16. The summed E-state index contributed by atoms with van der Waals surface area (Å²) in [6, 6.07) is 11.8. The molecule has 3 rings (SSSR count). The number of carbonyl (C=O) groups is 1. The van der Waals surface area contributed by atoms with Crippen LogP contribution in [-0.2, 0) is 11.3 Å². The summed E-state index contributed by atoms with van der Waals surface area (Å²) in [4.78, 5) is 27.1. The molecule has 7 nitrogen and oxygen atoms in total. The molecule has 3 aromatic rings. The third-order valence-electron chi connectivity index (χ3n) is 3.88. The highest BCUT2D eigenvalue weighted by Crippen LogP contribution is 2.26. The van der Waals surface area contributed by atoms with E-state index >= 15 is 0 Å². The van der Waals surface area contributed by atoms with Crippen LogP contribution in [0.5, 0.6) is 5.75 Å². The molecule has 0 spiro atoms. The molecule has 0 N–H and O–H groups in total. The lowest BCUT2D eigenvalue weighted by Gasteiger charge is -2.04. The van der Waals surface area contributed by atoms with Gasteiger partial charge in [0.05, 0.1) is 23.3 Å². The first-order valence-corrected chi connectivity index (χ1v) is 8.87. The Kier molecular flexibility index (Phi) is 5.46. The van der Waals surface area contributed by atoms with Crippen LogP contribution in [0.4, 0.5) is 5.69 Å². The van der Waals surface area contributed by atoms with E-state index in [1.165, 1.54) is 29.5 Å². The number of esters is 1. The SMILES string of the molecule is COc1ccc(-c2nc(COC(=O)c3ccc(C)c([N+](=O)[O-])c3)cs2)cc1. The van der Waals surface area contributed by atoms with Crippen molar-refractivity contribution < 1.29 is 19.2 Å². The molecule has 0 aliphatic carbocycles. The summed E-state index contributed by atoms with van der Waals surface area (Å²) in [5.41, 5.74) is 2.06. The van der Waals surface area contributed by atoms with Crippen molar-refractivity contribution in [2.45, 2.75) is 13.5 Å². The second kappa shape index (κ2) is 7.96. The number of hydrogen-bond acceptors (Lipinski definition) is 7. The van der Waals surface area contributed by atoms with Gasteiger partial charge in [-0.1, -0.05) is 6.07 Å². The van der Waals surface area contributed by atoms with Gasteiger partial charge in [0.1, 0.15) is 17.4 Å². The zero-order chi connectivity index (χ0) is 19.4. The van der Waals surface area contributed by atoms with Crippen LogP contribution in [0.15, 0.2) is 47.8 Å². The van der Waals surface area contributed by atoms with Crippen LogP contribution in [0.3, 0.4) is 0 Å². The Bertz CT molecular complexity index is 982. The van der Waals surface area contributed by atoms with Gasteiger partial charge in [0.15, 0.2) is 0 Å². The quantitative estimate of drug-likeness (QED) is 0.355. The van der Waals surface area contributed by atoms with Crippen LogP contribution < -0.4 is 4.74 Å². The Morgan fingerprint density at radius 3 is 2.63 bits per heavy atom. The van der Waals surface area contributed by atoms with Gasteiger partial charge in [-0.3, -0.25) is 10.1 Å². The van der Waals surface area contributed by atoms with Crippen molar-refractivity contribution in [2.24, 2.45) is 0 Å². The number of carbonyl (C=O) groups excluding carboxylic acids is 1. The maximum absolute atomic E-state index is 12.2. The summed E-state index contributed by atoms with van der Waals surface area (Å²) in [5.74, 6) is 0.133. The fourth-order valence-corrected chi connectivity index (χ4v) is 3.21. The maximum atomic E-state index is 12.2. The van der Waals surface area contributed by atoms with Crippen molar-refractivity contribution in [1.29, 1.82) is 0 Å². The molecule has 138 valence electrons. The molecular formula is C19H16N2O5S. The van der Waals surface area contributed by atoms with Crippen molar-refractivity contribution in [1.82, 2.24) is 4.98 Å². The summed E-state index contributed by atoms with van der Waals surface area (Å²) in [6.45, 7) is 1.61. The molecule has 1 heterocycles. The molecule has 0 atom stereocenters. The molecule has 1 aromatic heterocycles. The van der Waals surface area contributed by atoms with E-state index in [1.807, 2.05) is 29.6 Å².